The summed E-state index contributed by atoms with van der Waals surface area (Å²) in [5, 5.41) is 1.04. The van der Waals surface area contributed by atoms with E-state index >= 15 is 0 Å². The highest BCUT2D eigenvalue weighted by atomic mass is 32.1. The molecule has 0 aliphatic heterocycles. The van der Waals surface area contributed by atoms with Gasteiger partial charge in [0.15, 0.2) is 5.69 Å². The second-order valence-electron chi connectivity index (χ2n) is 3.93. The Hall–Kier alpha value is -2.25. The Balaban J connectivity index is 2.16. The van der Waals surface area contributed by atoms with E-state index in [0.29, 0.717) is 5.69 Å². The summed E-state index contributed by atoms with van der Waals surface area (Å²) in [6.07, 6.45) is 1.85. The molecule has 3 aromatic rings. The Morgan fingerprint density at radius 3 is 3.00 bits per heavy atom. The molecule has 0 aliphatic rings. The summed E-state index contributed by atoms with van der Waals surface area (Å²) < 4.78 is 1.09. The lowest BCUT2D eigenvalue weighted by Crippen LogP contribution is -1.82. The second kappa shape index (κ2) is 4.21. The third-order valence-corrected chi connectivity index (χ3v) is 3.57. The SMILES string of the molecule is [C-]#[N+]c1cccc(-c2cc3nc(C)sc3cn2)c1. The fourth-order valence-electron chi connectivity index (χ4n) is 1.84. The summed E-state index contributed by atoms with van der Waals surface area (Å²) in [5.74, 6) is 0. The molecule has 0 aliphatic carbocycles. The van der Waals surface area contributed by atoms with Crippen molar-refractivity contribution in [2.24, 2.45) is 0 Å². The van der Waals surface area contributed by atoms with Gasteiger partial charge in [-0.05, 0) is 24.6 Å². The first kappa shape index (κ1) is 10.9. The third-order valence-electron chi connectivity index (χ3n) is 2.65. The predicted molar refractivity (Wildman–Crippen MR) is 73.9 cm³/mol. The van der Waals surface area contributed by atoms with E-state index in [1.807, 2.05) is 37.4 Å². The van der Waals surface area contributed by atoms with E-state index < -0.39 is 0 Å². The van der Waals surface area contributed by atoms with Crippen molar-refractivity contribution in [1.82, 2.24) is 9.97 Å². The number of nitrogens with zero attached hydrogens (tertiary/aromatic N) is 3. The molecule has 0 unspecified atom stereocenters. The highest BCUT2D eigenvalue weighted by molar-refractivity contribution is 7.18. The molecular weight excluding hydrogens is 242 g/mol. The van der Waals surface area contributed by atoms with Crippen LogP contribution >= 0.6 is 11.3 Å². The zero-order chi connectivity index (χ0) is 12.5. The van der Waals surface area contributed by atoms with E-state index in [4.69, 9.17) is 6.57 Å². The molecule has 0 amide bonds. The minimum absolute atomic E-state index is 0.629. The maximum atomic E-state index is 7.03. The largest absolute Gasteiger partial charge is 0.255 e. The first-order valence-electron chi connectivity index (χ1n) is 5.47. The van der Waals surface area contributed by atoms with Crippen LogP contribution in [0.4, 0.5) is 5.69 Å². The van der Waals surface area contributed by atoms with E-state index in [-0.39, 0.29) is 0 Å². The molecule has 0 saturated heterocycles. The number of hydrogen-bond acceptors (Lipinski definition) is 3. The smallest absolute Gasteiger partial charge is 0.187 e. The van der Waals surface area contributed by atoms with E-state index in [1.165, 1.54) is 0 Å². The zero-order valence-corrected chi connectivity index (χ0v) is 10.5. The number of fused-ring (bicyclic) bond motifs is 1. The maximum absolute atomic E-state index is 7.03. The standard InChI is InChI=1S/C14H9N3S/c1-9-17-13-7-12(16-8-14(13)18-9)10-4-3-5-11(6-10)15-2/h3-8H,1H3. The normalized spacial score (nSPS) is 10.4. The van der Waals surface area contributed by atoms with Gasteiger partial charge >= 0.3 is 0 Å². The number of aryl methyl sites for hydroxylation is 1. The van der Waals surface area contributed by atoms with Crippen LogP contribution in [-0.4, -0.2) is 9.97 Å². The molecule has 0 spiro atoms. The summed E-state index contributed by atoms with van der Waals surface area (Å²) in [6, 6.07) is 9.45. The zero-order valence-electron chi connectivity index (χ0n) is 9.71. The van der Waals surface area contributed by atoms with Crippen molar-refractivity contribution in [2.75, 3.05) is 0 Å². The number of aromatic nitrogens is 2. The molecule has 3 rings (SSSR count). The van der Waals surface area contributed by atoms with Gasteiger partial charge in [0, 0.05) is 6.20 Å². The summed E-state index contributed by atoms with van der Waals surface area (Å²) >= 11 is 1.64. The monoisotopic (exact) mass is 251 g/mol. The van der Waals surface area contributed by atoms with Crippen LogP contribution in [0.5, 0.6) is 0 Å². The van der Waals surface area contributed by atoms with Crippen LogP contribution in [0, 0.1) is 13.5 Å². The van der Waals surface area contributed by atoms with Crippen molar-refractivity contribution in [3.63, 3.8) is 0 Å². The first-order valence-corrected chi connectivity index (χ1v) is 6.29. The van der Waals surface area contributed by atoms with Gasteiger partial charge in [-0.3, -0.25) is 4.98 Å². The fraction of sp³-hybridized carbons (Fsp3) is 0.0714. The van der Waals surface area contributed by atoms with Crippen molar-refractivity contribution >= 4 is 27.2 Å². The van der Waals surface area contributed by atoms with Crippen LogP contribution in [0.25, 0.3) is 26.3 Å². The lowest BCUT2D eigenvalue weighted by Gasteiger charge is -2.00. The van der Waals surface area contributed by atoms with Crippen LogP contribution in [0.15, 0.2) is 36.5 Å². The molecule has 2 aromatic heterocycles. The predicted octanol–water partition coefficient (Wildman–Crippen LogP) is 4.22. The number of thiazole rings is 1. The molecule has 2 heterocycles. The van der Waals surface area contributed by atoms with Gasteiger partial charge in [-0.1, -0.05) is 18.2 Å². The molecule has 0 bridgehead atoms. The van der Waals surface area contributed by atoms with Crippen molar-refractivity contribution in [3.05, 3.63) is 53.0 Å². The molecule has 3 nitrogen and oxygen atoms in total. The Labute approximate surface area is 109 Å². The molecular formula is C14H9N3S. The molecule has 18 heavy (non-hydrogen) atoms. The minimum atomic E-state index is 0.629. The molecule has 0 radical (unpaired) electrons. The summed E-state index contributed by atoms with van der Waals surface area (Å²) in [5.41, 5.74) is 3.41. The van der Waals surface area contributed by atoms with E-state index in [0.717, 1.165) is 26.5 Å². The van der Waals surface area contributed by atoms with Crippen LogP contribution in [0.1, 0.15) is 5.01 Å². The average Bonchev–Trinajstić information content (AvgIpc) is 2.77. The van der Waals surface area contributed by atoms with Crippen LogP contribution < -0.4 is 0 Å². The summed E-state index contributed by atoms with van der Waals surface area (Å²) in [7, 11) is 0. The van der Waals surface area contributed by atoms with Crippen molar-refractivity contribution in [3.8, 4) is 11.3 Å². The fourth-order valence-corrected chi connectivity index (χ4v) is 2.62. The lowest BCUT2D eigenvalue weighted by molar-refractivity contribution is 1.32. The van der Waals surface area contributed by atoms with Gasteiger partial charge in [-0.25, -0.2) is 9.83 Å². The van der Waals surface area contributed by atoms with Gasteiger partial charge in [0.25, 0.3) is 0 Å². The maximum Gasteiger partial charge on any atom is 0.187 e. The number of rotatable bonds is 1. The molecule has 0 N–H and O–H groups in total. The van der Waals surface area contributed by atoms with Crippen LogP contribution in [0.3, 0.4) is 0 Å². The highest BCUT2D eigenvalue weighted by Gasteiger charge is 2.05. The summed E-state index contributed by atoms with van der Waals surface area (Å²) in [4.78, 5) is 12.3. The quantitative estimate of drug-likeness (QED) is 0.606. The topological polar surface area (TPSA) is 30.1 Å². The number of pyridine rings is 1. The second-order valence-corrected chi connectivity index (χ2v) is 5.17. The van der Waals surface area contributed by atoms with Gasteiger partial charge in [-0.15, -0.1) is 11.3 Å². The number of hydrogen-bond donors (Lipinski definition) is 0. The molecule has 4 heteroatoms. The van der Waals surface area contributed by atoms with E-state index in [1.54, 1.807) is 17.4 Å². The minimum Gasteiger partial charge on any atom is -0.255 e. The molecule has 0 fully saturated rings. The number of benzene rings is 1. The lowest BCUT2D eigenvalue weighted by atomic mass is 10.1. The van der Waals surface area contributed by atoms with Crippen molar-refractivity contribution in [2.45, 2.75) is 6.92 Å². The van der Waals surface area contributed by atoms with Gasteiger partial charge in [0.05, 0.1) is 27.5 Å². The highest BCUT2D eigenvalue weighted by Crippen LogP contribution is 2.27. The average molecular weight is 251 g/mol. The van der Waals surface area contributed by atoms with Gasteiger partial charge in [-0.2, -0.15) is 0 Å². The summed E-state index contributed by atoms with van der Waals surface area (Å²) in [6.45, 7) is 9.02. The molecule has 1 aromatic carbocycles. The third kappa shape index (κ3) is 1.85. The van der Waals surface area contributed by atoms with Crippen molar-refractivity contribution in [1.29, 1.82) is 0 Å². The molecule has 86 valence electrons. The Morgan fingerprint density at radius 1 is 1.28 bits per heavy atom. The van der Waals surface area contributed by atoms with Crippen LogP contribution in [-0.2, 0) is 0 Å². The van der Waals surface area contributed by atoms with E-state index in [2.05, 4.69) is 14.8 Å². The Kier molecular flexibility index (Phi) is 2.54. The Morgan fingerprint density at radius 2 is 2.17 bits per heavy atom. The molecule has 0 atom stereocenters. The van der Waals surface area contributed by atoms with Gasteiger partial charge in [0.1, 0.15) is 0 Å². The van der Waals surface area contributed by atoms with Crippen LogP contribution in [0.2, 0.25) is 0 Å². The molecule has 0 saturated carbocycles. The van der Waals surface area contributed by atoms with Gasteiger partial charge < -0.3 is 0 Å². The Bertz CT molecular complexity index is 768. The van der Waals surface area contributed by atoms with E-state index in [9.17, 15) is 0 Å². The van der Waals surface area contributed by atoms with Crippen molar-refractivity contribution < 1.29 is 0 Å². The first-order chi connectivity index (χ1) is 8.76. The van der Waals surface area contributed by atoms with Gasteiger partial charge in [0.2, 0.25) is 0 Å².